The largest absolute Gasteiger partial charge is 0.338 e. The van der Waals surface area contributed by atoms with Crippen molar-refractivity contribution in [3.05, 3.63) is 30.3 Å². The molecule has 0 aliphatic rings. The molecule has 0 aliphatic carbocycles. The number of unbranched alkanes of at least 4 members (excludes halogenated alkanes) is 14. The van der Waals surface area contributed by atoms with Gasteiger partial charge in [-0.2, -0.15) is 0 Å². The molecule has 6 heteroatoms. The molecule has 0 saturated heterocycles. The van der Waals surface area contributed by atoms with Crippen LogP contribution >= 0.6 is 17.9 Å². The summed E-state index contributed by atoms with van der Waals surface area (Å²) in [5.74, 6) is 0. The molecule has 0 spiro atoms. The van der Waals surface area contributed by atoms with Crippen molar-refractivity contribution in [2.75, 3.05) is 0 Å². The first kappa shape index (κ1) is 32.8. The Morgan fingerprint density at radius 2 is 0.969 bits per heavy atom. The number of benzene rings is 1. The average molecular weight is 555 g/mol. The van der Waals surface area contributed by atoms with Crippen LogP contribution in [0.1, 0.15) is 117 Å². The van der Waals surface area contributed by atoms with Gasteiger partial charge in [0.25, 0.3) is 0 Å². The van der Waals surface area contributed by atoms with Crippen LogP contribution in [0.3, 0.4) is 0 Å². The molecule has 0 bridgehead atoms. The van der Waals surface area contributed by atoms with E-state index < -0.39 is 21.6 Å². The van der Waals surface area contributed by atoms with E-state index in [9.17, 15) is 0 Å². The van der Waals surface area contributed by atoms with Crippen molar-refractivity contribution >= 4 is 33.9 Å². The third-order valence-electron chi connectivity index (χ3n) is 6.48. The summed E-state index contributed by atoms with van der Waals surface area (Å²) in [5, 5.41) is 3.21. The van der Waals surface area contributed by atoms with Gasteiger partial charge < -0.3 is 9.79 Å². The Morgan fingerprint density at radius 3 is 1.31 bits per heavy atom. The first-order valence-corrected chi connectivity index (χ1v) is 23.0. The Hall–Kier alpha value is 0.763. The fraction of sp³-hybridized carbons (Fsp3) is 0.769. The minimum absolute atomic E-state index is 1.37. The number of hydrogen-bond donors (Lipinski definition) is 3. The summed E-state index contributed by atoms with van der Waals surface area (Å²) in [6.07, 6.45) is 23.4. The fourth-order valence-corrected chi connectivity index (χ4v) is 13.1. The molecule has 0 aliphatic heterocycles. The van der Waals surface area contributed by atoms with Crippen LogP contribution in [0.15, 0.2) is 30.3 Å². The number of hydrogen-bond acceptors (Lipinski definition) is 1. The summed E-state index contributed by atoms with van der Waals surface area (Å²) in [6, 6.07) is 11.7. The second kappa shape index (κ2) is 23.5. The van der Waals surface area contributed by atoms with E-state index >= 15 is 0 Å². The molecule has 0 unspecified atom stereocenters. The predicted molar refractivity (Wildman–Crippen MR) is 149 cm³/mol. The molecule has 32 heavy (non-hydrogen) atoms. The molecule has 0 atom stereocenters. The van der Waals surface area contributed by atoms with Crippen LogP contribution in [0.25, 0.3) is 0 Å². The van der Waals surface area contributed by atoms with Gasteiger partial charge >= 0.3 is 177 Å². The molecule has 1 aromatic rings. The van der Waals surface area contributed by atoms with E-state index in [4.69, 9.17) is 9.79 Å². The van der Waals surface area contributed by atoms with E-state index in [-0.39, 0.29) is 0 Å². The normalized spacial score (nSPS) is 11.2. The van der Waals surface area contributed by atoms with Crippen LogP contribution in [-0.4, -0.2) is 9.79 Å². The topological polar surface area (TPSA) is 40.5 Å². The molecule has 1 rings (SSSR count). The van der Waals surface area contributed by atoms with Gasteiger partial charge in [-0.3, -0.25) is 0 Å². The Kier molecular flexibility index (Phi) is 24.1. The second-order valence-corrected chi connectivity index (χ2v) is 22.8. The Balaban J connectivity index is 0.00000172. The van der Waals surface area contributed by atoms with Gasteiger partial charge in [0.05, 0.1) is 0 Å². The Labute approximate surface area is 215 Å². The maximum Gasteiger partial charge on any atom is 0.239 e. The van der Waals surface area contributed by atoms with Crippen molar-refractivity contribution in [1.29, 1.82) is 0 Å². The van der Waals surface area contributed by atoms with Gasteiger partial charge in [0.2, 0.25) is 5.69 Å². The molecule has 2 nitrogen and oxygen atoms in total. The molecule has 0 heterocycles. The van der Waals surface area contributed by atoms with Gasteiger partial charge in [-0.25, -0.2) is 0 Å². The summed E-state index contributed by atoms with van der Waals surface area (Å²) < 4.78 is 1.79. The van der Waals surface area contributed by atoms with Gasteiger partial charge in [-0.05, 0) is 11.8 Å². The molecule has 185 valence electrons. The average Bonchev–Trinajstić information content (AvgIpc) is 2.75. The van der Waals surface area contributed by atoms with Crippen molar-refractivity contribution in [1.82, 2.24) is 0 Å². The number of thiol groups is 1. The third-order valence-corrected chi connectivity index (χ3v) is 15.6. The Morgan fingerprint density at radius 1 is 0.656 bits per heavy atom. The van der Waals surface area contributed by atoms with Gasteiger partial charge in [-0.1, -0.05) is 12.2 Å². The van der Waals surface area contributed by atoms with Crippen molar-refractivity contribution in [3.8, 4) is 0 Å². The van der Waals surface area contributed by atoms with Crippen molar-refractivity contribution < 1.29 is 25.7 Å². The van der Waals surface area contributed by atoms with Crippen molar-refractivity contribution in [2.45, 2.75) is 127 Å². The summed E-state index contributed by atoms with van der Waals surface area (Å²) in [6.45, 7) is 4.62. The first-order chi connectivity index (χ1) is 15.4. The third kappa shape index (κ3) is 25.4. The van der Waals surface area contributed by atoms with Crippen molar-refractivity contribution in [3.63, 3.8) is 0 Å². The van der Waals surface area contributed by atoms with E-state index in [1.807, 2.05) is 0 Å². The van der Waals surface area contributed by atoms with Crippen LogP contribution in [0, 0.1) is 0 Å². The molecule has 0 fully saturated rings. The Bertz CT molecular complexity index is 526. The van der Waals surface area contributed by atoms with Gasteiger partial charge in [0.1, 0.15) is 0 Å². The number of rotatable bonds is 19. The predicted octanol–water partition coefficient (Wildman–Crippen LogP) is 9.17. The zero-order chi connectivity index (χ0) is 23.9. The molecule has 0 aromatic heterocycles. The summed E-state index contributed by atoms with van der Waals surface area (Å²) in [7, 11) is 0. The van der Waals surface area contributed by atoms with Crippen LogP contribution in [0.4, 0.5) is 0 Å². The summed E-state index contributed by atoms with van der Waals surface area (Å²) in [4.78, 5) is 15.7. The zero-order valence-corrected chi connectivity index (χ0v) is 26.6. The minimum atomic E-state index is -3.11. The molecule has 0 amide bonds. The van der Waals surface area contributed by atoms with E-state index in [0.717, 1.165) is 0 Å². The van der Waals surface area contributed by atoms with E-state index in [0.29, 0.717) is 0 Å². The van der Waals surface area contributed by atoms with Gasteiger partial charge in [0.15, 0.2) is 0 Å². The standard InChI is InChI=1S/2C10H21.C6H5.H3O2PS2.Zn/c2*1-3-5-7-9-10-8-6-4-2;1-2-4-6-5-3-1;1-3(2,4)5;/h2*1,3-10H2,2H3;1-5H;(H3,1,2,4,5);. The molecular weight excluding hydrogens is 505 g/mol. The maximum absolute atomic E-state index is 7.87. The van der Waals surface area contributed by atoms with Gasteiger partial charge in [-0.15, -0.1) is 0 Å². The van der Waals surface area contributed by atoms with Crippen molar-refractivity contribution in [2.24, 2.45) is 0 Å². The molecular formula is C26H50O2PS2Zn. The zero-order valence-electron chi connectivity index (χ0n) is 21.0. The molecule has 0 saturated carbocycles. The maximum atomic E-state index is 7.87. The quantitative estimate of drug-likeness (QED) is 0.0690. The first-order valence-electron chi connectivity index (χ1n) is 13.5. The molecule has 1 aromatic carbocycles. The summed E-state index contributed by atoms with van der Waals surface area (Å²) in [5.41, 5.74) is -3.11. The summed E-state index contributed by atoms with van der Waals surface area (Å²) >= 11 is 5.58. The monoisotopic (exact) mass is 553 g/mol. The smallest absolute Gasteiger partial charge is 0.239 e. The van der Waals surface area contributed by atoms with Crippen LogP contribution in [0.5, 0.6) is 0 Å². The van der Waals surface area contributed by atoms with E-state index in [1.54, 1.807) is 14.2 Å². The SMILES string of the molecule is CCCCCCCCC[CH2][Zn]([CH2]CCCCCCCCC)[c]1ccccc1.OP(O)(=S)S. The van der Waals surface area contributed by atoms with Crippen LogP contribution < -0.4 is 4.16 Å². The fourth-order valence-electron chi connectivity index (χ4n) is 4.62. The van der Waals surface area contributed by atoms with Crippen LogP contribution in [-0.2, 0) is 27.8 Å². The second-order valence-electron chi connectivity index (χ2n) is 9.51. The van der Waals surface area contributed by atoms with Gasteiger partial charge in [0, 0.05) is 0 Å². The van der Waals surface area contributed by atoms with E-state index in [1.165, 1.54) is 103 Å². The molecule has 0 radical (unpaired) electrons. The minimum Gasteiger partial charge on any atom is -0.338 e. The van der Waals surface area contributed by atoms with Crippen LogP contribution in [0.2, 0.25) is 10.0 Å². The van der Waals surface area contributed by atoms with E-state index in [2.05, 4.69) is 68.2 Å². The molecule has 2 N–H and O–H groups in total.